The minimum Gasteiger partial charge on any atom is -0.507 e. The van der Waals surface area contributed by atoms with Crippen LogP contribution in [0.25, 0.3) is 10.9 Å². The minimum absolute atomic E-state index is 0.0119. The van der Waals surface area contributed by atoms with Crippen LogP contribution in [0.1, 0.15) is 82.4 Å². The molecule has 0 aliphatic carbocycles. The number of rotatable bonds is 19. The first-order valence-corrected chi connectivity index (χ1v) is 16.4. The molecule has 13 nitrogen and oxygen atoms in total. The number of phenolic OH excluding ortho intramolecular Hbond substituents is 1. The number of terminal acetylenes is 1. The lowest BCUT2D eigenvalue weighted by Crippen LogP contribution is -2.34. The average molecular weight is 715 g/mol. The number of unbranched alkanes of at least 4 members (excludes halogenated alkanes) is 3. The van der Waals surface area contributed by atoms with Gasteiger partial charge in [-0.25, -0.2) is 9.78 Å². The highest BCUT2D eigenvalue weighted by Crippen LogP contribution is 2.32. The molecule has 4 N–H and O–H groups in total. The maximum Gasteiger partial charge on any atom is 0.407 e. The zero-order valence-corrected chi connectivity index (χ0v) is 27.7. The summed E-state index contributed by atoms with van der Waals surface area (Å²) in [6.07, 6.45) is 7.72. The van der Waals surface area contributed by atoms with Gasteiger partial charge in [0.15, 0.2) is 5.78 Å². The summed E-state index contributed by atoms with van der Waals surface area (Å²) in [7, 11) is 0. The van der Waals surface area contributed by atoms with Gasteiger partial charge in [-0.3, -0.25) is 28.9 Å². The SMILES string of the molecule is C#CCNC(=O)CCCCCNC(=O)OC(CCNC(=O)CCCCC(=O)CN1C(=O)CCC1=O)c1ccc2ccc(O)c(Br)c2n1. The summed E-state index contributed by atoms with van der Waals surface area (Å²) >= 11 is 3.35. The summed E-state index contributed by atoms with van der Waals surface area (Å²) in [4.78, 5) is 77.9. The summed E-state index contributed by atoms with van der Waals surface area (Å²) in [5.74, 6) is 1.12. The number of carbonyl (C=O) groups excluding carboxylic acids is 6. The third kappa shape index (κ3) is 12.3. The lowest BCUT2D eigenvalue weighted by atomic mass is 10.1. The Bertz CT molecular complexity index is 1490. The lowest BCUT2D eigenvalue weighted by Gasteiger charge is -2.19. The van der Waals surface area contributed by atoms with E-state index >= 15 is 0 Å². The summed E-state index contributed by atoms with van der Waals surface area (Å²) < 4.78 is 6.11. The number of aromatic hydroxyl groups is 1. The molecule has 0 spiro atoms. The second-order valence-electron chi connectivity index (χ2n) is 11.1. The molecule has 2 aromatic rings. The highest BCUT2D eigenvalue weighted by Gasteiger charge is 2.30. The number of imide groups is 1. The molecule has 47 heavy (non-hydrogen) atoms. The number of benzene rings is 1. The molecule has 1 aromatic heterocycles. The van der Waals surface area contributed by atoms with E-state index in [4.69, 9.17) is 11.2 Å². The number of nitrogens with zero attached hydrogens (tertiary/aromatic N) is 2. The third-order valence-corrected chi connectivity index (χ3v) is 8.23. The Kier molecular flexibility index (Phi) is 15.1. The Morgan fingerprint density at radius 3 is 2.30 bits per heavy atom. The Morgan fingerprint density at radius 2 is 1.57 bits per heavy atom. The number of carbonyl (C=O) groups is 6. The van der Waals surface area contributed by atoms with Gasteiger partial charge in [0.05, 0.1) is 28.8 Å². The molecule has 0 bridgehead atoms. The zero-order valence-electron chi connectivity index (χ0n) is 26.1. The van der Waals surface area contributed by atoms with E-state index in [1.807, 2.05) is 0 Å². The first-order chi connectivity index (χ1) is 22.6. The monoisotopic (exact) mass is 713 g/mol. The average Bonchev–Trinajstić information content (AvgIpc) is 3.36. The van der Waals surface area contributed by atoms with Gasteiger partial charge in [-0.05, 0) is 59.8 Å². The smallest absolute Gasteiger partial charge is 0.407 e. The van der Waals surface area contributed by atoms with Gasteiger partial charge in [-0.15, -0.1) is 6.42 Å². The molecule has 252 valence electrons. The third-order valence-electron chi connectivity index (χ3n) is 7.45. The highest BCUT2D eigenvalue weighted by atomic mass is 79.9. The molecule has 0 radical (unpaired) electrons. The van der Waals surface area contributed by atoms with E-state index < -0.39 is 12.2 Å². The fourth-order valence-electron chi connectivity index (χ4n) is 4.89. The number of phenols is 1. The number of amides is 5. The van der Waals surface area contributed by atoms with Gasteiger partial charge in [-0.1, -0.05) is 18.4 Å². The normalized spacial score (nSPS) is 13.2. The second kappa shape index (κ2) is 19.2. The molecular formula is C33H40BrN5O8. The first kappa shape index (κ1) is 37.0. The van der Waals surface area contributed by atoms with Gasteiger partial charge in [0.25, 0.3) is 0 Å². The number of alkyl carbamates (subject to hydrolysis) is 1. The molecule has 2 heterocycles. The number of fused-ring (bicyclic) bond motifs is 1. The maximum absolute atomic E-state index is 12.7. The fraction of sp³-hybridized carbons (Fsp3) is 0.485. The van der Waals surface area contributed by atoms with Gasteiger partial charge < -0.3 is 25.8 Å². The highest BCUT2D eigenvalue weighted by molar-refractivity contribution is 9.10. The number of hydrogen-bond acceptors (Lipinski definition) is 9. The van der Waals surface area contributed by atoms with Crippen LogP contribution in [0.3, 0.4) is 0 Å². The van der Waals surface area contributed by atoms with Crippen molar-refractivity contribution in [2.75, 3.05) is 26.2 Å². The van der Waals surface area contributed by atoms with Crippen LogP contribution in [0.2, 0.25) is 0 Å². The van der Waals surface area contributed by atoms with Crippen LogP contribution in [0.5, 0.6) is 5.75 Å². The van der Waals surface area contributed by atoms with Crippen molar-refractivity contribution in [1.29, 1.82) is 0 Å². The molecule has 1 saturated heterocycles. The van der Waals surface area contributed by atoms with Gasteiger partial charge in [0.1, 0.15) is 11.9 Å². The van der Waals surface area contributed by atoms with Crippen molar-refractivity contribution in [3.05, 3.63) is 34.4 Å². The van der Waals surface area contributed by atoms with Crippen LogP contribution in [0.4, 0.5) is 4.79 Å². The molecule has 14 heteroatoms. The van der Waals surface area contributed by atoms with Gasteiger partial charge in [0.2, 0.25) is 23.6 Å². The zero-order chi connectivity index (χ0) is 34.2. The van der Waals surface area contributed by atoms with E-state index in [-0.39, 0.29) is 86.9 Å². The molecule has 5 amide bonds. The number of likely N-dealkylation sites (tertiary alicyclic amines) is 1. The molecule has 0 saturated carbocycles. The summed E-state index contributed by atoms with van der Waals surface area (Å²) in [5, 5.41) is 19.0. The quantitative estimate of drug-likeness (QED) is 0.0960. The Labute approximate surface area is 281 Å². The van der Waals surface area contributed by atoms with Gasteiger partial charge in [-0.2, -0.15) is 0 Å². The number of hydrogen-bond donors (Lipinski definition) is 4. The van der Waals surface area contributed by atoms with E-state index in [0.717, 1.165) is 16.7 Å². The predicted molar refractivity (Wildman–Crippen MR) is 176 cm³/mol. The lowest BCUT2D eigenvalue weighted by molar-refractivity contribution is -0.141. The minimum atomic E-state index is -0.817. The van der Waals surface area contributed by atoms with Crippen molar-refractivity contribution in [2.24, 2.45) is 0 Å². The number of pyridine rings is 1. The molecule has 1 aliphatic heterocycles. The maximum atomic E-state index is 12.7. The van der Waals surface area contributed by atoms with E-state index in [9.17, 15) is 33.9 Å². The molecule has 1 fully saturated rings. The molecule has 3 rings (SSSR count). The molecule has 1 unspecified atom stereocenters. The van der Waals surface area contributed by atoms with Crippen molar-refractivity contribution < 1.29 is 38.6 Å². The second-order valence-corrected chi connectivity index (χ2v) is 11.9. The topological polar surface area (TPSA) is 184 Å². The summed E-state index contributed by atoms with van der Waals surface area (Å²) in [6, 6.07) is 6.77. The van der Waals surface area contributed by atoms with E-state index in [0.29, 0.717) is 54.3 Å². The van der Waals surface area contributed by atoms with Crippen molar-refractivity contribution >= 4 is 62.3 Å². The fourth-order valence-corrected chi connectivity index (χ4v) is 5.33. The van der Waals surface area contributed by atoms with Crippen LogP contribution in [0, 0.1) is 12.3 Å². The number of ketones is 1. The predicted octanol–water partition coefficient (Wildman–Crippen LogP) is 3.56. The number of Topliss-reactive ketones (excluding diaryl/α,β-unsaturated/α-hetero) is 1. The van der Waals surface area contributed by atoms with Crippen molar-refractivity contribution in [3.8, 4) is 18.1 Å². The van der Waals surface area contributed by atoms with E-state index in [1.54, 1.807) is 24.3 Å². The molecule has 1 aromatic carbocycles. The van der Waals surface area contributed by atoms with Gasteiger partial charge in [0, 0.05) is 57.0 Å². The largest absolute Gasteiger partial charge is 0.507 e. The van der Waals surface area contributed by atoms with Crippen molar-refractivity contribution in [3.63, 3.8) is 0 Å². The van der Waals surface area contributed by atoms with Gasteiger partial charge >= 0.3 is 6.09 Å². The van der Waals surface area contributed by atoms with Crippen LogP contribution >= 0.6 is 15.9 Å². The number of ether oxygens (including phenoxy) is 1. The Hall–Kier alpha value is -4.51. The van der Waals surface area contributed by atoms with Crippen LogP contribution in [0.15, 0.2) is 28.7 Å². The van der Waals surface area contributed by atoms with Crippen LogP contribution < -0.4 is 16.0 Å². The Balaban J connectivity index is 1.47. The number of nitrogens with one attached hydrogen (secondary N) is 3. The number of halogens is 1. The van der Waals surface area contributed by atoms with Crippen LogP contribution in [-0.4, -0.2) is 76.7 Å². The Morgan fingerprint density at radius 1 is 0.915 bits per heavy atom. The van der Waals surface area contributed by atoms with E-state index in [2.05, 4.69) is 42.8 Å². The van der Waals surface area contributed by atoms with Crippen molar-refractivity contribution in [2.45, 2.75) is 76.7 Å². The molecule has 1 aliphatic rings. The molecule has 1 atom stereocenters. The van der Waals surface area contributed by atoms with E-state index in [1.165, 1.54) is 0 Å². The first-order valence-electron chi connectivity index (χ1n) is 15.6. The van der Waals surface area contributed by atoms with Crippen LogP contribution in [-0.2, 0) is 28.7 Å². The molecular weight excluding hydrogens is 674 g/mol. The standard InChI is InChI=1S/C33H40BrN5O8/c1-2-18-35-27(42)9-4-3-7-19-37-33(46)47-26(24-13-11-22-12-14-25(41)31(34)32(22)38-24)17-20-36-28(43)10-6-5-8-23(40)21-39-29(44)15-16-30(39)45/h1,11-14,26,41H,3-10,15-21H2,(H,35,42)(H,36,43)(H,37,46). The summed E-state index contributed by atoms with van der Waals surface area (Å²) in [6.45, 7) is 0.492. The number of aromatic nitrogens is 1. The van der Waals surface area contributed by atoms with Crippen molar-refractivity contribution in [1.82, 2.24) is 25.8 Å². The summed E-state index contributed by atoms with van der Waals surface area (Å²) in [5.41, 5.74) is 0.916.